The smallest absolute Gasteiger partial charge is 0.248 e. The van der Waals surface area contributed by atoms with Gasteiger partial charge in [-0.05, 0) is 6.42 Å². The van der Waals surface area contributed by atoms with Gasteiger partial charge in [0.15, 0.2) is 0 Å². The van der Waals surface area contributed by atoms with Crippen LogP contribution >= 0.6 is 0 Å². The molecule has 0 N–H and O–H groups in total. The third-order valence-corrected chi connectivity index (χ3v) is 3.97. The van der Waals surface area contributed by atoms with Crippen molar-refractivity contribution in [2.75, 3.05) is 54.1 Å². The first-order valence-corrected chi connectivity index (χ1v) is 7.18. The molecule has 1 spiro atoms. The maximum atomic E-state index is 11.7. The Morgan fingerprint density at radius 2 is 2.05 bits per heavy atom. The molecule has 0 bridgehead atoms. The summed E-state index contributed by atoms with van der Waals surface area (Å²) in [5.74, 6) is -0.0568. The van der Waals surface area contributed by atoms with E-state index in [-0.39, 0.29) is 36.7 Å². The molecule has 0 aromatic carbocycles. The lowest BCUT2D eigenvalue weighted by atomic mass is 9.84. The number of likely N-dealkylation sites (N-methyl/N-ethyl adjacent to an activating group) is 1. The molecular formula is C14H24N2O5. The zero-order valence-electron chi connectivity index (χ0n) is 13.0. The molecule has 0 radical (unpaired) electrons. The Bertz CT molecular complexity index is 393. The van der Waals surface area contributed by atoms with E-state index in [2.05, 4.69) is 0 Å². The molecule has 1 atom stereocenters. The molecule has 2 aliphatic rings. The summed E-state index contributed by atoms with van der Waals surface area (Å²) in [4.78, 5) is 26.5. The van der Waals surface area contributed by atoms with Gasteiger partial charge in [-0.1, -0.05) is 0 Å². The van der Waals surface area contributed by atoms with Crippen LogP contribution in [-0.2, 0) is 23.8 Å². The van der Waals surface area contributed by atoms with Gasteiger partial charge in [-0.2, -0.15) is 0 Å². The van der Waals surface area contributed by atoms with Crippen molar-refractivity contribution in [1.82, 2.24) is 9.80 Å². The Morgan fingerprint density at radius 1 is 1.33 bits per heavy atom. The maximum absolute atomic E-state index is 11.7. The third-order valence-electron chi connectivity index (χ3n) is 3.97. The van der Waals surface area contributed by atoms with E-state index in [0.29, 0.717) is 19.7 Å². The van der Waals surface area contributed by atoms with Gasteiger partial charge in [-0.25, -0.2) is 0 Å². The summed E-state index contributed by atoms with van der Waals surface area (Å²) in [6.45, 7) is 1.97. The van der Waals surface area contributed by atoms with Gasteiger partial charge in [0.2, 0.25) is 11.8 Å². The van der Waals surface area contributed by atoms with Crippen molar-refractivity contribution < 1.29 is 23.8 Å². The highest BCUT2D eigenvalue weighted by atomic mass is 16.5. The van der Waals surface area contributed by atoms with Crippen molar-refractivity contribution >= 4 is 11.8 Å². The summed E-state index contributed by atoms with van der Waals surface area (Å²) < 4.78 is 16.4. The van der Waals surface area contributed by atoms with E-state index >= 15 is 0 Å². The molecule has 0 aromatic heterocycles. The topological polar surface area (TPSA) is 68.3 Å². The second-order valence-corrected chi connectivity index (χ2v) is 5.93. The van der Waals surface area contributed by atoms with E-state index < -0.39 is 0 Å². The van der Waals surface area contributed by atoms with Gasteiger partial charge in [-0.15, -0.1) is 0 Å². The number of amides is 2. The summed E-state index contributed by atoms with van der Waals surface area (Å²) in [7, 11) is 4.93. The molecule has 2 amide bonds. The van der Waals surface area contributed by atoms with Crippen LogP contribution in [0.25, 0.3) is 0 Å². The van der Waals surface area contributed by atoms with E-state index in [0.717, 1.165) is 12.8 Å². The van der Waals surface area contributed by atoms with Crippen molar-refractivity contribution in [2.24, 2.45) is 0 Å². The molecule has 7 nitrogen and oxygen atoms in total. The lowest BCUT2D eigenvalue weighted by molar-refractivity contribution is -0.203. The number of carbonyl (C=O) groups is 2. The van der Waals surface area contributed by atoms with Crippen LogP contribution in [0.5, 0.6) is 0 Å². The van der Waals surface area contributed by atoms with Crippen LogP contribution in [-0.4, -0.2) is 87.4 Å². The van der Waals surface area contributed by atoms with Crippen LogP contribution in [0.4, 0.5) is 0 Å². The fourth-order valence-electron chi connectivity index (χ4n) is 2.70. The van der Waals surface area contributed by atoms with Crippen molar-refractivity contribution in [1.29, 1.82) is 0 Å². The maximum Gasteiger partial charge on any atom is 0.248 e. The van der Waals surface area contributed by atoms with Gasteiger partial charge in [0.1, 0.15) is 18.8 Å². The summed E-state index contributed by atoms with van der Waals surface area (Å²) in [6.07, 6.45) is 1.53. The highest BCUT2D eigenvalue weighted by Crippen LogP contribution is 2.35. The summed E-state index contributed by atoms with van der Waals surface area (Å²) >= 11 is 0. The molecule has 0 aliphatic carbocycles. The summed E-state index contributed by atoms with van der Waals surface area (Å²) in [6, 6.07) is 0. The Hall–Kier alpha value is -1.18. The first kappa shape index (κ1) is 16.2. The molecule has 21 heavy (non-hydrogen) atoms. The molecular weight excluding hydrogens is 276 g/mol. The number of methoxy groups -OCH3 is 1. The van der Waals surface area contributed by atoms with Crippen LogP contribution < -0.4 is 0 Å². The average molecular weight is 300 g/mol. The Kier molecular flexibility index (Phi) is 5.18. The Labute approximate surface area is 125 Å². The number of carbonyl (C=O) groups excluding carboxylic acids is 2. The highest BCUT2D eigenvalue weighted by molar-refractivity contribution is 5.78. The lowest BCUT2D eigenvalue weighted by Crippen LogP contribution is -2.67. The van der Waals surface area contributed by atoms with Crippen molar-refractivity contribution in [2.45, 2.75) is 24.5 Å². The SMILES string of the molecule is COCC(=O)N1CC2(C[C@@H](OCC(=O)N(C)C)CCO2)C1. The molecule has 2 fully saturated rings. The van der Waals surface area contributed by atoms with Gasteiger partial charge in [-0.3, -0.25) is 9.59 Å². The minimum atomic E-state index is -0.298. The molecule has 0 unspecified atom stereocenters. The fraction of sp³-hybridized carbons (Fsp3) is 0.857. The highest BCUT2D eigenvalue weighted by Gasteiger charge is 2.49. The molecule has 2 heterocycles. The number of ether oxygens (including phenoxy) is 3. The van der Waals surface area contributed by atoms with E-state index in [4.69, 9.17) is 14.2 Å². The molecule has 7 heteroatoms. The molecule has 0 saturated carbocycles. The molecule has 2 aliphatic heterocycles. The molecule has 0 aromatic rings. The van der Waals surface area contributed by atoms with Gasteiger partial charge in [0.05, 0.1) is 19.2 Å². The zero-order valence-corrected chi connectivity index (χ0v) is 13.0. The normalized spacial score (nSPS) is 23.8. The van der Waals surface area contributed by atoms with Crippen LogP contribution in [0.3, 0.4) is 0 Å². The monoisotopic (exact) mass is 300 g/mol. The van der Waals surface area contributed by atoms with E-state index in [1.54, 1.807) is 19.0 Å². The van der Waals surface area contributed by atoms with E-state index in [1.807, 2.05) is 0 Å². The average Bonchev–Trinajstić information content (AvgIpc) is 2.42. The van der Waals surface area contributed by atoms with Crippen LogP contribution in [0.2, 0.25) is 0 Å². The number of nitrogens with zero attached hydrogens (tertiary/aromatic N) is 2. The lowest BCUT2D eigenvalue weighted by Gasteiger charge is -2.52. The van der Waals surface area contributed by atoms with Gasteiger partial charge in [0, 0.05) is 34.2 Å². The summed E-state index contributed by atoms with van der Waals surface area (Å²) in [5.41, 5.74) is -0.298. The van der Waals surface area contributed by atoms with E-state index in [9.17, 15) is 9.59 Å². The molecule has 2 saturated heterocycles. The molecule has 120 valence electrons. The fourth-order valence-corrected chi connectivity index (χ4v) is 2.70. The van der Waals surface area contributed by atoms with Crippen molar-refractivity contribution in [3.05, 3.63) is 0 Å². The summed E-state index contributed by atoms with van der Waals surface area (Å²) in [5, 5.41) is 0. The van der Waals surface area contributed by atoms with Gasteiger partial charge in [0.25, 0.3) is 0 Å². The Balaban J connectivity index is 1.77. The zero-order chi connectivity index (χ0) is 15.5. The van der Waals surface area contributed by atoms with Crippen LogP contribution in [0, 0.1) is 0 Å². The number of likely N-dealkylation sites (tertiary alicyclic amines) is 1. The minimum Gasteiger partial charge on any atom is -0.375 e. The van der Waals surface area contributed by atoms with Gasteiger partial charge < -0.3 is 24.0 Å². The van der Waals surface area contributed by atoms with E-state index in [1.165, 1.54) is 12.0 Å². The minimum absolute atomic E-state index is 0.0160. The predicted octanol–water partition coefficient (Wildman–Crippen LogP) is -0.502. The van der Waals surface area contributed by atoms with Crippen LogP contribution in [0.1, 0.15) is 12.8 Å². The number of rotatable bonds is 5. The standard InChI is InChI=1S/C14H24N2O5/c1-15(2)12(17)8-20-11-4-5-21-14(6-11)9-16(10-14)13(18)7-19-3/h11H,4-10H2,1-3H3/t11-/m0/s1. The third kappa shape index (κ3) is 3.93. The Morgan fingerprint density at radius 3 is 2.67 bits per heavy atom. The largest absolute Gasteiger partial charge is 0.375 e. The second kappa shape index (κ2) is 6.72. The molecule has 2 rings (SSSR count). The first-order valence-electron chi connectivity index (χ1n) is 7.18. The van der Waals surface area contributed by atoms with Crippen molar-refractivity contribution in [3.8, 4) is 0 Å². The second-order valence-electron chi connectivity index (χ2n) is 5.93. The van der Waals surface area contributed by atoms with Gasteiger partial charge >= 0.3 is 0 Å². The van der Waals surface area contributed by atoms with Crippen molar-refractivity contribution in [3.63, 3.8) is 0 Å². The van der Waals surface area contributed by atoms with Crippen LogP contribution in [0.15, 0.2) is 0 Å². The number of hydrogen-bond donors (Lipinski definition) is 0. The predicted molar refractivity (Wildman–Crippen MR) is 74.8 cm³/mol. The quantitative estimate of drug-likeness (QED) is 0.684. The number of hydrogen-bond acceptors (Lipinski definition) is 5. The first-order chi connectivity index (χ1) is 9.96.